The van der Waals surface area contributed by atoms with Crippen LogP contribution in [0.1, 0.15) is 40.8 Å². The summed E-state index contributed by atoms with van der Waals surface area (Å²) in [5.41, 5.74) is -0.0400. The van der Waals surface area contributed by atoms with Gasteiger partial charge in [0.1, 0.15) is 17.0 Å². The lowest BCUT2D eigenvalue weighted by Gasteiger charge is -2.31. The molecule has 128 valence electrons. The van der Waals surface area contributed by atoms with Gasteiger partial charge in [0.2, 0.25) is 0 Å². The van der Waals surface area contributed by atoms with Crippen LogP contribution in [0, 0.1) is 6.92 Å². The summed E-state index contributed by atoms with van der Waals surface area (Å²) < 4.78 is 5.29. The minimum atomic E-state index is -0.598. The van der Waals surface area contributed by atoms with E-state index < -0.39 is 5.63 Å². The van der Waals surface area contributed by atoms with Crippen LogP contribution in [0.15, 0.2) is 39.5 Å². The summed E-state index contributed by atoms with van der Waals surface area (Å²) in [6.45, 7) is 2.97. The first kappa shape index (κ1) is 15.6. The maximum absolute atomic E-state index is 12.9. The highest BCUT2D eigenvalue weighted by molar-refractivity contribution is 5.96. The molecule has 7 nitrogen and oxygen atoms in total. The summed E-state index contributed by atoms with van der Waals surface area (Å²) in [6, 6.07) is 8.79. The highest BCUT2D eigenvalue weighted by Gasteiger charge is 2.29. The Labute approximate surface area is 143 Å². The minimum absolute atomic E-state index is 0.0746. The van der Waals surface area contributed by atoms with Crippen LogP contribution in [0.4, 0.5) is 0 Å². The number of carbonyl (C=O) groups excluding carboxylic acids is 1. The molecule has 2 aromatic heterocycles. The fraction of sp³-hybridized carbons (Fsp3) is 0.333. The van der Waals surface area contributed by atoms with Gasteiger partial charge in [-0.25, -0.2) is 9.78 Å². The number of carbonyl (C=O) groups is 1. The monoisotopic (exact) mass is 338 g/mol. The van der Waals surface area contributed by atoms with Gasteiger partial charge in [-0.1, -0.05) is 18.2 Å². The molecule has 1 N–H and O–H groups in total. The third-order valence-electron chi connectivity index (χ3n) is 4.56. The molecule has 1 aliphatic heterocycles. The van der Waals surface area contributed by atoms with Gasteiger partial charge in [-0.3, -0.25) is 9.89 Å². The number of benzene rings is 1. The number of aryl methyl sites for hydroxylation is 1. The molecular weight excluding hydrogens is 320 g/mol. The van der Waals surface area contributed by atoms with Crippen molar-refractivity contribution in [2.75, 3.05) is 13.1 Å². The molecule has 25 heavy (non-hydrogen) atoms. The first-order chi connectivity index (χ1) is 12.1. The molecule has 0 bridgehead atoms. The lowest BCUT2D eigenvalue weighted by atomic mass is 9.97. The Morgan fingerprint density at radius 3 is 3.00 bits per heavy atom. The smallest absolute Gasteiger partial charge is 0.349 e. The molecule has 3 heterocycles. The van der Waals surface area contributed by atoms with E-state index in [9.17, 15) is 9.59 Å². The maximum Gasteiger partial charge on any atom is 0.349 e. The Morgan fingerprint density at radius 1 is 1.36 bits per heavy atom. The fourth-order valence-electron chi connectivity index (χ4n) is 3.30. The number of aromatic nitrogens is 3. The molecule has 3 aromatic rings. The molecule has 1 aliphatic rings. The summed E-state index contributed by atoms with van der Waals surface area (Å²) >= 11 is 0. The first-order valence-corrected chi connectivity index (χ1v) is 8.33. The van der Waals surface area contributed by atoms with Crippen molar-refractivity contribution in [1.29, 1.82) is 0 Å². The Bertz CT molecular complexity index is 991. The van der Waals surface area contributed by atoms with Crippen LogP contribution in [0.5, 0.6) is 0 Å². The predicted molar refractivity (Wildman–Crippen MR) is 91.5 cm³/mol. The van der Waals surface area contributed by atoms with E-state index in [1.165, 1.54) is 0 Å². The van der Waals surface area contributed by atoms with Crippen molar-refractivity contribution in [1.82, 2.24) is 20.1 Å². The average molecular weight is 338 g/mol. The number of nitrogens with one attached hydrogen (secondary N) is 1. The second-order valence-electron chi connectivity index (χ2n) is 6.35. The number of hydrogen-bond acceptors (Lipinski definition) is 5. The van der Waals surface area contributed by atoms with E-state index in [0.717, 1.165) is 29.9 Å². The SMILES string of the molecule is Cc1nc(C2CCCN(C(=O)c3cc4ccccc4oc3=O)C2)n[nH]1. The molecule has 7 heteroatoms. The van der Waals surface area contributed by atoms with Gasteiger partial charge in [-0.2, -0.15) is 5.10 Å². The van der Waals surface area contributed by atoms with Crippen molar-refractivity contribution in [3.8, 4) is 0 Å². The molecule has 0 spiro atoms. The summed E-state index contributed by atoms with van der Waals surface area (Å²) in [7, 11) is 0. The van der Waals surface area contributed by atoms with Gasteiger partial charge in [-0.15, -0.1) is 0 Å². The second-order valence-corrected chi connectivity index (χ2v) is 6.35. The molecule has 0 aliphatic carbocycles. The number of fused-ring (bicyclic) bond motifs is 1. The van der Waals surface area contributed by atoms with Crippen molar-refractivity contribution in [2.24, 2.45) is 0 Å². The van der Waals surface area contributed by atoms with Crippen LogP contribution in [0.2, 0.25) is 0 Å². The normalized spacial score (nSPS) is 17.8. The van der Waals surface area contributed by atoms with E-state index in [-0.39, 0.29) is 17.4 Å². The highest BCUT2D eigenvalue weighted by atomic mass is 16.4. The number of hydrogen-bond donors (Lipinski definition) is 1. The third kappa shape index (κ3) is 2.93. The largest absolute Gasteiger partial charge is 0.422 e. The van der Waals surface area contributed by atoms with Gasteiger partial charge >= 0.3 is 5.63 Å². The third-order valence-corrected chi connectivity index (χ3v) is 4.56. The zero-order valence-corrected chi connectivity index (χ0v) is 13.9. The zero-order chi connectivity index (χ0) is 17.4. The van der Waals surface area contributed by atoms with Gasteiger partial charge in [-0.05, 0) is 31.9 Å². The quantitative estimate of drug-likeness (QED) is 0.724. The van der Waals surface area contributed by atoms with Crippen LogP contribution in [-0.2, 0) is 0 Å². The summed E-state index contributed by atoms with van der Waals surface area (Å²) in [5.74, 6) is 1.26. The topological polar surface area (TPSA) is 92.1 Å². The van der Waals surface area contributed by atoms with Gasteiger partial charge in [0.05, 0.1) is 0 Å². The molecule has 1 aromatic carbocycles. The van der Waals surface area contributed by atoms with Crippen LogP contribution in [0.3, 0.4) is 0 Å². The lowest BCUT2D eigenvalue weighted by Crippen LogP contribution is -2.41. The maximum atomic E-state index is 12.9. The van der Waals surface area contributed by atoms with Crippen molar-refractivity contribution in [2.45, 2.75) is 25.7 Å². The molecule has 1 fully saturated rings. The van der Waals surface area contributed by atoms with Crippen LogP contribution >= 0.6 is 0 Å². The lowest BCUT2D eigenvalue weighted by molar-refractivity contribution is 0.0700. The number of amides is 1. The Kier molecular flexibility index (Phi) is 3.83. The van der Waals surface area contributed by atoms with Crippen molar-refractivity contribution < 1.29 is 9.21 Å². The molecule has 0 radical (unpaired) electrons. The Morgan fingerprint density at radius 2 is 2.20 bits per heavy atom. The minimum Gasteiger partial charge on any atom is -0.422 e. The second kappa shape index (κ2) is 6.16. The van der Waals surface area contributed by atoms with Gasteiger partial charge in [0.15, 0.2) is 5.82 Å². The molecule has 1 unspecified atom stereocenters. The van der Waals surface area contributed by atoms with E-state index in [2.05, 4.69) is 15.2 Å². The average Bonchev–Trinajstić information content (AvgIpc) is 3.07. The molecule has 1 amide bonds. The summed E-state index contributed by atoms with van der Waals surface area (Å²) in [4.78, 5) is 31.2. The fourth-order valence-corrected chi connectivity index (χ4v) is 3.30. The highest BCUT2D eigenvalue weighted by Crippen LogP contribution is 2.25. The number of rotatable bonds is 2. The van der Waals surface area contributed by atoms with Gasteiger partial charge in [0, 0.05) is 24.4 Å². The van der Waals surface area contributed by atoms with E-state index in [1.54, 1.807) is 23.1 Å². The van der Waals surface area contributed by atoms with Gasteiger partial charge < -0.3 is 9.32 Å². The van der Waals surface area contributed by atoms with Crippen molar-refractivity contribution in [3.05, 3.63) is 58.0 Å². The molecule has 1 atom stereocenters. The van der Waals surface area contributed by atoms with Crippen LogP contribution in [0.25, 0.3) is 11.0 Å². The molecule has 0 saturated carbocycles. The van der Waals surface area contributed by atoms with E-state index >= 15 is 0 Å². The Balaban J connectivity index is 1.62. The number of likely N-dealkylation sites (tertiary alicyclic amines) is 1. The number of para-hydroxylation sites is 1. The van der Waals surface area contributed by atoms with Crippen molar-refractivity contribution >= 4 is 16.9 Å². The number of H-pyrrole nitrogens is 1. The molecule has 1 saturated heterocycles. The summed E-state index contributed by atoms with van der Waals surface area (Å²) in [6.07, 6.45) is 1.77. The van der Waals surface area contributed by atoms with Crippen LogP contribution in [-0.4, -0.2) is 39.1 Å². The number of piperidine rings is 1. The number of aromatic amines is 1. The van der Waals surface area contributed by atoms with Gasteiger partial charge in [0.25, 0.3) is 5.91 Å². The Hall–Kier alpha value is -2.96. The van der Waals surface area contributed by atoms with E-state index in [1.807, 2.05) is 19.1 Å². The summed E-state index contributed by atoms with van der Waals surface area (Å²) in [5, 5.41) is 7.79. The zero-order valence-electron chi connectivity index (χ0n) is 13.9. The first-order valence-electron chi connectivity index (χ1n) is 8.33. The van der Waals surface area contributed by atoms with E-state index in [4.69, 9.17) is 4.42 Å². The molecular formula is C18H18N4O3. The van der Waals surface area contributed by atoms with Crippen molar-refractivity contribution in [3.63, 3.8) is 0 Å². The predicted octanol–water partition coefficient (Wildman–Crippen LogP) is 2.24. The number of nitrogens with zero attached hydrogens (tertiary/aromatic N) is 3. The molecule has 4 rings (SSSR count). The van der Waals surface area contributed by atoms with E-state index in [0.29, 0.717) is 18.7 Å². The van der Waals surface area contributed by atoms with Crippen LogP contribution < -0.4 is 5.63 Å². The standard InChI is InChI=1S/C18H18N4O3/c1-11-19-16(21-20-11)13-6-4-8-22(10-13)17(23)14-9-12-5-2-3-7-15(12)25-18(14)24/h2-3,5,7,9,13H,4,6,8,10H2,1H3,(H,19,20,21).